The van der Waals surface area contributed by atoms with Gasteiger partial charge >= 0.3 is 0 Å². The fraction of sp³-hybridized carbons (Fsp3) is 0.0870. The molecule has 1 aliphatic rings. The monoisotopic (exact) mass is 373 g/mol. The number of benzene rings is 3. The second-order valence-electron chi connectivity index (χ2n) is 6.10. The van der Waals surface area contributed by atoms with E-state index in [2.05, 4.69) is 4.99 Å². The van der Waals surface area contributed by atoms with Crippen molar-refractivity contribution in [1.29, 1.82) is 0 Å². The number of ether oxygens (including phenoxy) is 4. The van der Waals surface area contributed by atoms with Gasteiger partial charge in [0.15, 0.2) is 11.5 Å². The van der Waals surface area contributed by atoms with Crippen molar-refractivity contribution >= 4 is 11.6 Å². The molecule has 0 amide bonds. The second-order valence-corrected chi connectivity index (χ2v) is 6.10. The first-order valence-corrected chi connectivity index (χ1v) is 8.88. The van der Waals surface area contributed by atoms with E-state index in [1.54, 1.807) is 12.3 Å². The highest BCUT2D eigenvalue weighted by molar-refractivity contribution is 5.96. The van der Waals surface area contributed by atoms with Gasteiger partial charge in [0.05, 0.1) is 11.9 Å². The molecule has 0 aliphatic carbocycles. The van der Waals surface area contributed by atoms with Gasteiger partial charge in [-0.2, -0.15) is 0 Å². The number of nitrogens with zero attached hydrogens (tertiary/aromatic N) is 1. The number of para-hydroxylation sites is 2. The molecule has 1 heterocycles. The Morgan fingerprint density at radius 3 is 2.36 bits per heavy atom. The molecule has 5 heteroatoms. The van der Waals surface area contributed by atoms with E-state index in [0.717, 1.165) is 11.3 Å². The van der Waals surface area contributed by atoms with Gasteiger partial charge in [0, 0.05) is 11.6 Å². The molecule has 0 fully saturated rings. The Kier molecular flexibility index (Phi) is 5.24. The molecule has 0 spiro atoms. The first-order chi connectivity index (χ1) is 13.8. The van der Waals surface area contributed by atoms with Crippen molar-refractivity contribution in [3.63, 3.8) is 0 Å². The maximum atomic E-state index is 6.00. The molecule has 0 unspecified atom stereocenters. The Bertz CT molecular complexity index is 998. The summed E-state index contributed by atoms with van der Waals surface area (Å²) in [6.45, 7) is 2.12. The Morgan fingerprint density at radius 2 is 1.57 bits per heavy atom. The van der Waals surface area contributed by atoms with Crippen molar-refractivity contribution in [1.82, 2.24) is 0 Å². The van der Waals surface area contributed by atoms with Crippen LogP contribution in [0.5, 0.6) is 23.0 Å². The van der Waals surface area contributed by atoms with Gasteiger partial charge in [-0.1, -0.05) is 36.4 Å². The number of hydrogen-bond donors (Lipinski definition) is 0. The van der Waals surface area contributed by atoms with Crippen LogP contribution in [-0.2, 0) is 0 Å². The number of hydrogen-bond acceptors (Lipinski definition) is 5. The molecule has 140 valence electrons. The van der Waals surface area contributed by atoms with E-state index in [1.165, 1.54) is 0 Å². The van der Waals surface area contributed by atoms with Crippen molar-refractivity contribution in [3.8, 4) is 23.0 Å². The van der Waals surface area contributed by atoms with E-state index in [9.17, 15) is 0 Å². The summed E-state index contributed by atoms with van der Waals surface area (Å²) >= 11 is 0. The van der Waals surface area contributed by atoms with Crippen LogP contribution in [0.4, 0.5) is 5.69 Å². The van der Waals surface area contributed by atoms with Gasteiger partial charge in [0.25, 0.3) is 0 Å². The fourth-order valence-corrected chi connectivity index (χ4v) is 2.57. The maximum Gasteiger partial charge on any atom is 0.231 e. The lowest BCUT2D eigenvalue weighted by Crippen LogP contribution is -2.10. The Balaban J connectivity index is 1.57. The van der Waals surface area contributed by atoms with Gasteiger partial charge in [-0.25, -0.2) is 4.99 Å². The maximum absolute atomic E-state index is 6.00. The van der Waals surface area contributed by atoms with Crippen LogP contribution in [0.15, 0.2) is 95.7 Å². The molecule has 5 nitrogen and oxygen atoms in total. The summed E-state index contributed by atoms with van der Waals surface area (Å²) < 4.78 is 22.5. The summed E-state index contributed by atoms with van der Waals surface area (Å²) in [5.41, 5.74) is 1.54. The Labute approximate surface area is 163 Å². The van der Waals surface area contributed by atoms with Crippen LogP contribution in [-0.4, -0.2) is 12.7 Å². The zero-order valence-electron chi connectivity index (χ0n) is 15.4. The standard InChI is InChI=1S/C23H19NO4/c1-17(15-25-20-12-13-21-22(14-20)27-16-26-21)23(24-18-8-4-2-5-9-18)28-19-10-6-3-7-11-19/h2-15H,16H2,1H3/b17-15+,24-23-. The highest BCUT2D eigenvalue weighted by atomic mass is 16.7. The molecular weight excluding hydrogens is 354 g/mol. The molecule has 0 saturated carbocycles. The summed E-state index contributed by atoms with van der Waals surface area (Å²) in [7, 11) is 0. The Morgan fingerprint density at radius 1 is 0.857 bits per heavy atom. The lowest BCUT2D eigenvalue weighted by atomic mass is 10.3. The highest BCUT2D eigenvalue weighted by Crippen LogP contribution is 2.35. The zero-order valence-corrected chi connectivity index (χ0v) is 15.4. The summed E-state index contributed by atoms with van der Waals surface area (Å²) in [6, 6.07) is 24.6. The molecule has 0 N–H and O–H groups in total. The molecule has 0 bridgehead atoms. The normalized spacial score (nSPS) is 13.3. The summed E-state index contributed by atoms with van der Waals surface area (Å²) in [4.78, 5) is 4.63. The fourth-order valence-electron chi connectivity index (χ4n) is 2.57. The lowest BCUT2D eigenvalue weighted by molar-refractivity contribution is 0.174. The van der Waals surface area contributed by atoms with Crippen LogP contribution in [0, 0.1) is 0 Å². The van der Waals surface area contributed by atoms with Gasteiger partial charge in [-0.15, -0.1) is 0 Å². The van der Waals surface area contributed by atoms with Crippen molar-refractivity contribution in [3.05, 3.63) is 90.7 Å². The summed E-state index contributed by atoms with van der Waals surface area (Å²) in [5.74, 6) is 3.18. The van der Waals surface area contributed by atoms with E-state index < -0.39 is 0 Å². The number of rotatable bonds is 5. The SMILES string of the molecule is CC(=C\Oc1ccc2c(c1)OCO2)/C(=N/c1ccccc1)Oc1ccccc1. The van der Waals surface area contributed by atoms with Crippen molar-refractivity contribution in [2.24, 2.45) is 4.99 Å². The number of fused-ring (bicyclic) bond motifs is 1. The third-order valence-electron chi connectivity index (χ3n) is 4.00. The zero-order chi connectivity index (χ0) is 19.2. The predicted molar refractivity (Wildman–Crippen MR) is 108 cm³/mol. The predicted octanol–water partition coefficient (Wildman–Crippen LogP) is 5.51. The second kappa shape index (κ2) is 8.31. The molecule has 1 aliphatic heterocycles. The van der Waals surface area contributed by atoms with Crippen LogP contribution in [0.2, 0.25) is 0 Å². The first kappa shape index (κ1) is 17.7. The van der Waals surface area contributed by atoms with E-state index in [-0.39, 0.29) is 6.79 Å². The molecule has 28 heavy (non-hydrogen) atoms. The topological polar surface area (TPSA) is 49.3 Å². The van der Waals surface area contributed by atoms with Gasteiger partial charge < -0.3 is 18.9 Å². The van der Waals surface area contributed by atoms with Gasteiger partial charge in [-0.05, 0) is 43.3 Å². The van der Waals surface area contributed by atoms with E-state index in [4.69, 9.17) is 18.9 Å². The molecule has 3 aromatic rings. The third kappa shape index (κ3) is 4.32. The van der Waals surface area contributed by atoms with E-state index in [0.29, 0.717) is 28.9 Å². The average Bonchev–Trinajstić information content (AvgIpc) is 3.21. The number of aliphatic imine (C=N–C) groups is 1. The molecule has 0 saturated heterocycles. The largest absolute Gasteiger partial charge is 0.464 e. The minimum Gasteiger partial charge on any atom is -0.464 e. The van der Waals surface area contributed by atoms with Crippen molar-refractivity contribution < 1.29 is 18.9 Å². The van der Waals surface area contributed by atoms with Gasteiger partial charge in [-0.3, -0.25) is 0 Å². The minimum absolute atomic E-state index is 0.229. The summed E-state index contributed by atoms with van der Waals surface area (Å²) in [5, 5.41) is 0. The first-order valence-electron chi connectivity index (χ1n) is 8.88. The van der Waals surface area contributed by atoms with Crippen molar-refractivity contribution in [2.45, 2.75) is 6.92 Å². The van der Waals surface area contributed by atoms with E-state index in [1.807, 2.05) is 79.7 Å². The molecule has 3 aromatic carbocycles. The smallest absolute Gasteiger partial charge is 0.231 e. The quantitative estimate of drug-likeness (QED) is 0.336. The third-order valence-corrected chi connectivity index (χ3v) is 4.00. The molecule has 4 rings (SSSR count). The average molecular weight is 373 g/mol. The summed E-state index contributed by atoms with van der Waals surface area (Å²) in [6.07, 6.45) is 1.61. The van der Waals surface area contributed by atoms with Crippen LogP contribution in [0.25, 0.3) is 0 Å². The van der Waals surface area contributed by atoms with Crippen LogP contribution < -0.4 is 18.9 Å². The molecular formula is C23H19NO4. The highest BCUT2D eigenvalue weighted by Gasteiger charge is 2.14. The van der Waals surface area contributed by atoms with Gasteiger partial charge in [0.2, 0.25) is 12.7 Å². The minimum atomic E-state index is 0.229. The van der Waals surface area contributed by atoms with E-state index >= 15 is 0 Å². The van der Waals surface area contributed by atoms with Crippen LogP contribution in [0.1, 0.15) is 6.92 Å². The molecule has 0 atom stereocenters. The lowest BCUT2D eigenvalue weighted by Gasteiger charge is -2.10. The van der Waals surface area contributed by atoms with Crippen molar-refractivity contribution in [2.75, 3.05) is 6.79 Å². The molecule has 0 aromatic heterocycles. The van der Waals surface area contributed by atoms with Crippen LogP contribution in [0.3, 0.4) is 0 Å². The van der Waals surface area contributed by atoms with Gasteiger partial charge in [0.1, 0.15) is 11.5 Å². The Hall–Kier alpha value is -3.73. The molecule has 0 radical (unpaired) electrons. The van der Waals surface area contributed by atoms with Crippen LogP contribution >= 0.6 is 0 Å².